The van der Waals surface area contributed by atoms with Crippen LogP contribution in [-0.4, -0.2) is 18.3 Å². The number of nitrogen functional groups attached to an aromatic ring is 1. The number of anilines is 1. The largest absolute Gasteiger partial charge is 0.491 e. The molecule has 0 aliphatic carbocycles. The van der Waals surface area contributed by atoms with Crippen LogP contribution in [0.5, 0.6) is 5.75 Å². The van der Waals surface area contributed by atoms with E-state index >= 15 is 0 Å². The zero-order valence-electron chi connectivity index (χ0n) is 8.58. The molecule has 3 N–H and O–H groups in total. The van der Waals surface area contributed by atoms with Gasteiger partial charge in [0, 0.05) is 12.7 Å². The number of nitrogens with two attached hydrogens (primary N) is 1. The van der Waals surface area contributed by atoms with Crippen molar-refractivity contribution in [3.8, 4) is 5.75 Å². The fraction of sp³-hybridized carbons (Fsp3) is 0.455. The molecule has 0 unspecified atom stereocenters. The van der Waals surface area contributed by atoms with Crippen LogP contribution in [0, 0.1) is 5.82 Å². The first-order valence-corrected chi connectivity index (χ1v) is 5.02. The number of halogens is 1. The van der Waals surface area contributed by atoms with Crippen LogP contribution in [0.4, 0.5) is 10.1 Å². The van der Waals surface area contributed by atoms with Crippen LogP contribution < -0.4 is 10.5 Å². The fourth-order valence-corrected chi connectivity index (χ4v) is 1.21. The van der Waals surface area contributed by atoms with Gasteiger partial charge in [0.05, 0.1) is 12.3 Å². The molecule has 0 fully saturated rings. The maximum atomic E-state index is 12.8. The van der Waals surface area contributed by atoms with Crippen LogP contribution in [0.1, 0.15) is 19.3 Å². The molecule has 0 aliphatic rings. The monoisotopic (exact) mass is 213 g/mol. The minimum Gasteiger partial charge on any atom is -0.491 e. The second kappa shape index (κ2) is 6.24. The van der Waals surface area contributed by atoms with E-state index in [4.69, 9.17) is 15.6 Å². The fourth-order valence-electron chi connectivity index (χ4n) is 1.21. The number of hydrogen-bond donors (Lipinski definition) is 2. The second-order valence-corrected chi connectivity index (χ2v) is 3.31. The number of hydrogen-bond acceptors (Lipinski definition) is 3. The summed E-state index contributed by atoms with van der Waals surface area (Å²) in [6.45, 7) is 0.690. The number of rotatable bonds is 6. The van der Waals surface area contributed by atoms with Gasteiger partial charge in [-0.1, -0.05) is 0 Å². The Balaban J connectivity index is 2.33. The van der Waals surface area contributed by atoms with Gasteiger partial charge >= 0.3 is 0 Å². The minimum absolute atomic E-state index is 0.197. The van der Waals surface area contributed by atoms with Gasteiger partial charge < -0.3 is 15.6 Å². The van der Waals surface area contributed by atoms with E-state index in [1.807, 2.05) is 0 Å². The summed E-state index contributed by atoms with van der Waals surface area (Å²) in [4.78, 5) is 0. The van der Waals surface area contributed by atoms with Crippen molar-refractivity contribution in [2.24, 2.45) is 0 Å². The third-order valence-corrected chi connectivity index (χ3v) is 2.04. The highest BCUT2D eigenvalue weighted by Crippen LogP contribution is 2.22. The van der Waals surface area contributed by atoms with E-state index in [1.165, 1.54) is 18.2 Å². The lowest BCUT2D eigenvalue weighted by atomic mass is 10.2. The Labute approximate surface area is 88.7 Å². The quantitative estimate of drug-likeness (QED) is 0.561. The summed E-state index contributed by atoms with van der Waals surface area (Å²) in [5.41, 5.74) is 6.04. The summed E-state index contributed by atoms with van der Waals surface area (Å²) in [6, 6.07) is 4.06. The molecule has 0 heterocycles. The third kappa shape index (κ3) is 4.16. The molecular formula is C11H16FNO2. The first-order valence-electron chi connectivity index (χ1n) is 5.02. The average Bonchev–Trinajstić information content (AvgIpc) is 2.23. The molecule has 0 saturated carbocycles. The molecule has 15 heavy (non-hydrogen) atoms. The van der Waals surface area contributed by atoms with Gasteiger partial charge in [-0.05, 0) is 31.4 Å². The minimum atomic E-state index is -0.352. The summed E-state index contributed by atoms with van der Waals surface area (Å²) in [5.74, 6) is 0.0357. The Kier molecular flexibility index (Phi) is 4.90. The van der Waals surface area contributed by atoms with E-state index in [1.54, 1.807) is 0 Å². The Bertz CT molecular complexity index is 305. The van der Waals surface area contributed by atoms with Crippen LogP contribution in [-0.2, 0) is 0 Å². The van der Waals surface area contributed by atoms with E-state index in [2.05, 4.69) is 0 Å². The predicted molar refractivity (Wildman–Crippen MR) is 57.2 cm³/mol. The second-order valence-electron chi connectivity index (χ2n) is 3.31. The van der Waals surface area contributed by atoms with Crippen molar-refractivity contribution in [3.63, 3.8) is 0 Å². The predicted octanol–water partition coefficient (Wildman–Crippen LogP) is 1.95. The Morgan fingerprint density at radius 2 is 2.07 bits per heavy atom. The standard InChI is InChI=1S/C11H16FNO2/c12-9-4-5-10(13)11(8-9)15-7-3-1-2-6-14/h4-5,8,14H,1-3,6-7,13H2. The maximum Gasteiger partial charge on any atom is 0.145 e. The Morgan fingerprint density at radius 1 is 1.27 bits per heavy atom. The molecule has 0 saturated heterocycles. The van der Waals surface area contributed by atoms with E-state index in [-0.39, 0.29) is 12.4 Å². The zero-order chi connectivity index (χ0) is 11.1. The lowest BCUT2D eigenvalue weighted by molar-refractivity contribution is 0.266. The molecule has 0 atom stereocenters. The zero-order valence-corrected chi connectivity index (χ0v) is 8.58. The van der Waals surface area contributed by atoms with Crippen LogP contribution in [0.3, 0.4) is 0 Å². The van der Waals surface area contributed by atoms with Crippen molar-refractivity contribution < 1.29 is 14.2 Å². The molecule has 0 amide bonds. The molecule has 4 heteroatoms. The highest BCUT2D eigenvalue weighted by Gasteiger charge is 2.01. The number of unbranched alkanes of at least 4 members (excludes halogenated alkanes) is 2. The highest BCUT2D eigenvalue weighted by molar-refractivity contribution is 5.52. The average molecular weight is 213 g/mol. The van der Waals surface area contributed by atoms with Gasteiger partial charge in [-0.25, -0.2) is 4.39 Å². The number of benzene rings is 1. The van der Waals surface area contributed by atoms with Gasteiger partial charge in [0.2, 0.25) is 0 Å². The third-order valence-electron chi connectivity index (χ3n) is 2.04. The molecular weight excluding hydrogens is 197 g/mol. The van der Waals surface area contributed by atoms with Crippen molar-refractivity contribution in [1.29, 1.82) is 0 Å². The van der Waals surface area contributed by atoms with E-state index in [0.29, 0.717) is 18.0 Å². The first-order chi connectivity index (χ1) is 7.24. The van der Waals surface area contributed by atoms with Gasteiger partial charge in [-0.15, -0.1) is 0 Å². The molecule has 0 bridgehead atoms. The van der Waals surface area contributed by atoms with E-state index in [0.717, 1.165) is 19.3 Å². The molecule has 3 nitrogen and oxygen atoms in total. The van der Waals surface area contributed by atoms with Gasteiger partial charge in [-0.3, -0.25) is 0 Å². The lowest BCUT2D eigenvalue weighted by Crippen LogP contribution is -2.01. The molecule has 0 aromatic heterocycles. The lowest BCUT2D eigenvalue weighted by Gasteiger charge is -2.08. The smallest absolute Gasteiger partial charge is 0.145 e. The van der Waals surface area contributed by atoms with Crippen molar-refractivity contribution in [1.82, 2.24) is 0 Å². The SMILES string of the molecule is Nc1ccc(F)cc1OCCCCCO. The van der Waals surface area contributed by atoms with Crippen LogP contribution in [0.15, 0.2) is 18.2 Å². The van der Waals surface area contributed by atoms with Gasteiger partial charge in [0.15, 0.2) is 0 Å². The topological polar surface area (TPSA) is 55.5 Å². The normalized spacial score (nSPS) is 10.3. The van der Waals surface area contributed by atoms with Crippen LogP contribution in [0.2, 0.25) is 0 Å². The number of aliphatic hydroxyl groups is 1. The number of aliphatic hydroxyl groups excluding tert-OH is 1. The van der Waals surface area contributed by atoms with Crippen molar-refractivity contribution >= 4 is 5.69 Å². The summed E-state index contributed by atoms with van der Waals surface area (Å²) in [5, 5.41) is 8.55. The van der Waals surface area contributed by atoms with E-state index < -0.39 is 0 Å². The molecule has 1 aromatic rings. The number of ether oxygens (including phenoxy) is 1. The van der Waals surface area contributed by atoms with Gasteiger partial charge in [0.25, 0.3) is 0 Å². The first kappa shape index (κ1) is 11.8. The molecule has 0 spiro atoms. The molecule has 0 aliphatic heterocycles. The van der Waals surface area contributed by atoms with Gasteiger partial charge in [-0.2, -0.15) is 0 Å². The molecule has 1 aromatic carbocycles. The van der Waals surface area contributed by atoms with Crippen molar-refractivity contribution in [2.45, 2.75) is 19.3 Å². The van der Waals surface area contributed by atoms with Crippen molar-refractivity contribution in [3.05, 3.63) is 24.0 Å². The molecule has 1 rings (SSSR count). The van der Waals surface area contributed by atoms with Crippen LogP contribution >= 0.6 is 0 Å². The summed E-state index contributed by atoms with van der Waals surface area (Å²) >= 11 is 0. The van der Waals surface area contributed by atoms with E-state index in [9.17, 15) is 4.39 Å². The van der Waals surface area contributed by atoms with Crippen molar-refractivity contribution in [2.75, 3.05) is 18.9 Å². The van der Waals surface area contributed by atoms with Gasteiger partial charge in [0.1, 0.15) is 11.6 Å². The Morgan fingerprint density at radius 3 is 2.80 bits per heavy atom. The highest BCUT2D eigenvalue weighted by atomic mass is 19.1. The summed E-state index contributed by atoms with van der Waals surface area (Å²) < 4.78 is 18.1. The summed E-state index contributed by atoms with van der Waals surface area (Å²) in [7, 11) is 0. The molecule has 84 valence electrons. The maximum absolute atomic E-state index is 12.8. The van der Waals surface area contributed by atoms with Crippen LogP contribution in [0.25, 0.3) is 0 Å². The molecule has 0 radical (unpaired) electrons. The Hall–Kier alpha value is -1.29. The summed E-state index contributed by atoms with van der Waals surface area (Å²) in [6.07, 6.45) is 2.49.